The van der Waals surface area contributed by atoms with Gasteiger partial charge in [0.25, 0.3) is 0 Å². The van der Waals surface area contributed by atoms with E-state index in [4.69, 9.17) is 11.6 Å². The lowest BCUT2D eigenvalue weighted by molar-refractivity contribution is 0.479. The highest BCUT2D eigenvalue weighted by molar-refractivity contribution is 6.31. The first kappa shape index (κ1) is 11.8. The smallest absolute Gasteiger partial charge is 0.0723 e. The lowest BCUT2D eigenvalue weighted by Crippen LogP contribution is -2.35. The molecule has 1 aliphatic rings. The minimum Gasteiger partial charge on any atom is -0.382 e. The molecule has 1 aliphatic heterocycles. The van der Waals surface area contributed by atoms with Crippen molar-refractivity contribution in [1.82, 2.24) is 10.3 Å². The molecule has 0 unspecified atom stereocenters. The van der Waals surface area contributed by atoms with E-state index in [1.165, 1.54) is 0 Å². The normalized spacial score (nSPS) is 16.9. The van der Waals surface area contributed by atoms with Crippen molar-refractivity contribution < 1.29 is 0 Å². The van der Waals surface area contributed by atoms with Crippen molar-refractivity contribution in [2.24, 2.45) is 0 Å². The molecule has 2 N–H and O–H groups in total. The Labute approximate surface area is 112 Å². The molecular weight excluding hydrogens is 246 g/mol. The summed E-state index contributed by atoms with van der Waals surface area (Å²) in [5, 5.41) is 8.84. The van der Waals surface area contributed by atoms with E-state index in [2.05, 4.69) is 15.6 Å². The molecule has 3 rings (SSSR count). The van der Waals surface area contributed by atoms with Crippen molar-refractivity contribution in [3.8, 4) is 0 Å². The number of benzene rings is 1. The van der Waals surface area contributed by atoms with Gasteiger partial charge in [0.15, 0.2) is 0 Å². The van der Waals surface area contributed by atoms with Gasteiger partial charge in [-0.15, -0.1) is 0 Å². The Balaban J connectivity index is 1.92. The zero-order valence-electron chi connectivity index (χ0n) is 10.1. The minimum absolute atomic E-state index is 0.538. The molecule has 2 aromatic rings. The van der Waals surface area contributed by atoms with Crippen LogP contribution in [0, 0.1) is 0 Å². The van der Waals surface area contributed by atoms with Crippen LogP contribution in [0.2, 0.25) is 5.02 Å². The summed E-state index contributed by atoms with van der Waals surface area (Å²) in [5.41, 5.74) is 2.12. The number of pyridine rings is 1. The summed E-state index contributed by atoms with van der Waals surface area (Å²) in [6, 6.07) is 8.39. The predicted molar refractivity (Wildman–Crippen MR) is 76.3 cm³/mol. The summed E-state index contributed by atoms with van der Waals surface area (Å²) in [4.78, 5) is 4.37. The number of rotatable bonds is 2. The number of halogens is 1. The van der Waals surface area contributed by atoms with E-state index in [0.29, 0.717) is 6.04 Å². The van der Waals surface area contributed by atoms with Crippen molar-refractivity contribution in [2.75, 3.05) is 18.4 Å². The van der Waals surface area contributed by atoms with Gasteiger partial charge in [-0.1, -0.05) is 11.6 Å². The monoisotopic (exact) mass is 261 g/mol. The molecule has 0 bridgehead atoms. The zero-order valence-corrected chi connectivity index (χ0v) is 10.9. The average molecular weight is 262 g/mol. The molecule has 1 fully saturated rings. The van der Waals surface area contributed by atoms with Crippen LogP contribution in [0.3, 0.4) is 0 Å². The Morgan fingerprint density at radius 2 is 2.06 bits per heavy atom. The molecule has 1 saturated heterocycles. The fourth-order valence-corrected chi connectivity index (χ4v) is 2.60. The van der Waals surface area contributed by atoms with Gasteiger partial charge >= 0.3 is 0 Å². The Hall–Kier alpha value is -1.32. The van der Waals surface area contributed by atoms with E-state index >= 15 is 0 Å². The molecule has 0 aliphatic carbocycles. The Bertz CT molecular complexity index is 550. The summed E-state index contributed by atoms with van der Waals surface area (Å²) in [7, 11) is 0. The predicted octanol–water partition coefficient (Wildman–Crippen LogP) is 3.05. The minimum atomic E-state index is 0.538. The summed E-state index contributed by atoms with van der Waals surface area (Å²) in [6.45, 7) is 2.17. The molecule has 94 valence electrons. The van der Waals surface area contributed by atoms with Crippen molar-refractivity contribution in [2.45, 2.75) is 18.9 Å². The molecule has 18 heavy (non-hydrogen) atoms. The van der Waals surface area contributed by atoms with E-state index in [0.717, 1.165) is 47.5 Å². The van der Waals surface area contributed by atoms with E-state index in [1.54, 1.807) is 0 Å². The average Bonchev–Trinajstić information content (AvgIpc) is 2.41. The number of piperidine rings is 1. The lowest BCUT2D eigenvalue weighted by Gasteiger charge is -2.25. The fourth-order valence-electron chi connectivity index (χ4n) is 2.43. The van der Waals surface area contributed by atoms with Crippen LogP contribution < -0.4 is 10.6 Å². The highest BCUT2D eigenvalue weighted by Gasteiger charge is 2.13. The van der Waals surface area contributed by atoms with Crippen LogP contribution in [-0.4, -0.2) is 24.1 Å². The van der Waals surface area contributed by atoms with Crippen LogP contribution in [0.15, 0.2) is 30.5 Å². The lowest BCUT2D eigenvalue weighted by atomic mass is 10.1. The second-order valence-corrected chi connectivity index (χ2v) is 5.13. The van der Waals surface area contributed by atoms with E-state index in [9.17, 15) is 0 Å². The van der Waals surface area contributed by atoms with Crippen LogP contribution in [0.1, 0.15) is 12.8 Å². The molecule has 3 nitrogen and oxygen atoms in total. The first-order chi connectivity index (χ1) is 8.83. The molecule has 0 spiro atoms. The molecule has 0 radical (unpaired) electrons. The topological polar surface area (TPSA) is 37.0 Å². The van der Waals surface area contributed by atoms with E-state index < -0.39 is 0 Å². The van der Waals surface area contributed by atoms with Crippen molar-refractivity contribution >= 4 is 28.2 Å². The van der Waals surface area contributed by atoms with Crippen LogP contribution >= 0.6 is 11.6 Å². The van der Waals surface area contributed by atoms with Gasteiger partial charge in [0.1, 0.15) is 0 Å². The summed E-state index contributed by atoms with van der Waals surface area (Å²) in [6.07, 6.45) is 4.16. The largest absolute Gasteiger partial charge is 0.382 e. The number of nitrogens with one attached hydrogen (secondary N) is 2. The molecule has 1 aromatic heterocycles. The standard InChI is InChI=1S/C14H16ClN3/c15-10-1-2-13-12(9-10)14(5-8-17-13)18-11-3-6-16-7-4-11/h1-2,5,8-9,11,16H,3-4,6-7H2,(H,17,18). The molecule has 2 heterocycles. The van der Waals surface area contributed by atoms with Crippen LogP contribution in [0.4, 0.5) is 5.69 Å². The summed E-state index contributed by atoms with van der Waals surface area (Å²) >= 11 is 6.07. The van der Waals surface area contributed by atoms with Crippen molar-refractivity contribution in [3.05, 3.63) is 35.5 Å². The molecule has 4 heteroatoms. The number of anilines is 1. The van der Waals surface area contributed by atoms with Crippen LogP contribution in [0.5, 0.6) is 0 Å². The van der Waals surface area contributed by atoms with Gasteiger partial charge in [-0.2, -0.15) is 0 Å². The van der Waals surface area contributed by atoms with Gasteiger partial charge in [-0.05, 0) is 50.2 Å². The quantitative estimate of drug-likeness (QED) is 0.873. The number of hydrogen-bond acceptors (Lipinski definition) is 3. The van der Waals surface area contributed by atoms with Crippen LogP contribution in [0.25, 0.3) is 10.9 Å². The number of fused-ring (bicyclic) bond motifs is 1. The molecule has 0 saturated carbocycles. The SMILES string of the molecule is Clc1ccc2nccc(NC3CCNCC3)c2c1. The maximum absolute atomic E-state index is 6.07. The highest BCUT2D eigenvalue weighted by Crippen LogP contribution is 2.26. The van der Waals surface area contributed by atoms with Gasteiger partial charge < -0.3 is 10.6 Å². The first-order valence-corrected chi connectivity index (χ1v) is 6.72. The zero-order chi connectivity index (χ0) is 12.4. The second-order valence-electron chi connectivity index (χ2n) is 4.69. The highest BCUT2D eigenvalue weighted by atomic mass is 35.5. The number of hydrogen-bond donors (Lipinski definition) is 2. The van der Waals surface area contributed by atoms with Gasteiger partial charge in [0.2, 0.25) is 0 Å². The maximum Gasteiger partial charge on any atom is 0.0723 e. The van der Waals surface area contributed by atoms with Crippen molar-refractivity contribution in [3.63, 3.8) is 0 Å². The second kappa shape index (κ2) is 5.12. The third-order valence-electron chi connectivity index (χ3n) is 3.40. The van der Waals surface area contributed by atoms with Gasteiger partial charge in [0, 0.05) is 28.3 Å². The Morgan fingerprint density at radius 1 is 1.22 bits per heavy atom. The van der Waals surface area contributed by atoms with Gasteiger partial charge in [0.05, 0.1) is 5.52 Å². The number of nitrogens with zero attached hydrogens (tertiary/aromatic N) is 1. The molecule has 1 aromatic carbocycles. The first-order valence-electron chi connectivity index (χ1n) is 6.34. The fraction of sp³-hybridized carbons (Fsp3) is 0.357. The maximum atomic E-state index is 6.07. The molecular formula is C14H16ClN3. The summed E-state index contributed by atoms with van der Waals surface area (Å²) < 4.78 is 0. The van der Waals surface area contributed by atoms with Gasteiger partial charge in [-0.3, -0.25) is 4.98 Å². The Kier molecular flexibility index (Phi) is 3.35. The molecule has 0 atom stereocenters. The Morgan fingerprint density at radius 3 is 2.89 bits per heavy atom. The third-order valence-corrected chi connectivity index (χ3v) is 3.64. The molecule has 0 amide bonds. The van der Waals surface area contributed by atoms with E-state index in [-0.39, 0.29) is 0 Å². The van der Waals surface area contributed by atoms with E-state index in [1.807, 2.05) is 30.5 Å². The summed E-state index contributed by atoms with van der Waals surface area (Å²) in [5.74, 6) is 0. The number of aromatic nitrogens is 1. The van der Waals surface area contributed by atoms with Gasteiger partial charge in [-0.25, -0.2) is 0 Å². The van der Waals surface area contributed by atoms with Crippen molar-refractivity contribution in [1.29, 1.82) is 0 Å². The third kappa shape index (κ3) is 2.42. The van der Waals surface area contributed by atoms with Crippen LogP contribution in [-0.2, 0) is 0 Å².